The van der Waals surface area contributed by atoms with E-state index in [9.17, 15) is 4.79 Å². The Morgan fingerprint density at radius 2 is 1.55 bits per heavy atom. The Hall–Kier alpha value is -1.44. The van der Waals surface area contributed by atoms with E-state index in [4.69, 9.17) is 21.4 Å². The maximum Gasteiger partial charge on any atom is 0.308 e. The lowest BCUT2D eigenvalue weighted by Gasteiger charge is -2.01. The second-order valence-electron chi connectivity index (χ2n) is 5.82. The molecule has 0 amide bonds. The predicted molar refractivity (Wildman–Crippen MR) is 127 cm³/mol. The second kappa shape index (κ2) is 10.5. The molecule has 0 aliphatic rings. The van der Waals surface area contributed by atoms with E-state index in [-0.39, 0.29) is 19.6 Å². The number of carbonyl (C=O) groups is 1. The van der Waals surface area contributed by atoms with E-state index >= 15 is 0 Å². The van der Waals surface area contributed by atoms with E-state index in [1.165, 1.54) is 0 Å². The van der Waals surface area contributed by atoms with Crippen molar-refractivity contribution in [3.8, 4) is 0 Å². The Kier molecular flexibility index (Phi) is 8.09. The van der Waals surface area contributed by atoms with E-state index in [0.29, 0.717) is 5.88 Å². The first-order valence-corrected chi connectivity index (χ1v) is 11.3. The Bertz CT molecular complexity index is 1130. The summed E-state index contributed by atoms with van der Waals surface area (Å²) in [7, 11) is 0. The Morgan fingerprint density at radius 1 is 1.00 bits per heavy atom. The highest BCUT2D eigenvalue weighted by Gasteiger charge is 2.11. The lowest BCUT2D eigenvalue weighted by atomic mass is 10.4. The minimum Gasteiger partial charge on any atom is -0.459 e. The molecule has 4 rings (SSSR count). The van der Waals surface area contributed by atoms with Crippen LogP contribution in [0.5, 0.6) is 0 Å². The average Bonchev–Trinajstić information content (AvgIpc) is 3.24. The normalized spacial score (nSPS) is 10.8. The molecule has 7 nitrogen and oxygen atoms in total. The van der Waals surface area contributed by atoms with Gasteiger partial charge < -0.3 is 9.84 Å². The fraction of sp³-hybridized carbons (Fsp3) is 0.211. The zero-order valence-electron chi connectivity index (χ0n) is 15.1. The van der Waals surface area contributed by atoms with Crippen molar-refractivity contribution in [3.05, 3.63) is 67.6 Å². The van der Waals surface area contributed by atoms with Gasteiger partial charge in [-0.2, -0.15) is 0 Å². The van der Waals surface area contributed by atoms with Gasteiger partial charge in [-0.05, 0) is 69.4 Å². The maximum absolute atomic E-state index is 11.1. The third-order valence-electron chi connectivity index (χ3n) is 3.89. The van der Waals surface area contributed by atoms with E-state index in [0.717, 1.165) is 30.1 Å². The smallest absolute Gasteiger partial charge is 0.308 e. The third-order valence-corrected chi connectivity index (χ3v) is 6.43. The van der Waals surface area contributed by atoms with Gasteiger partial charge in [-0.1, -0.05) is 12.1 Å². The van der Waals surface area contributed by atoms with Crippen molar-refractivity contribution in [1.29, 1.82) is 0 Å². The summed E-state index contributed by atoms with van der Waals surface area (Å²) in [5.41, 5.74) is 3.45. The molecule has 0 spiro atoms. The zero-order valence-corrected chi connectivity index (χ0v) is 20.2. The van der Waals surface area contributed by atoms with E-state index < -0.39 is 5.97 Å². The molecule has 10 heteroatoms. The summed E-state index contributed by atoms with van der Waals surface area (Å²) in [4.78, 5) is 19.8. The summed E-state index contributed by atoms with van der Waals surface area (Å²) in [6.07, 6.45) is 3.91. The van der Waals surface area contributed by atoms with Crippen LogP contribution >= 0.6 is 56.8 Å². The molecular weight excluding hydrogens is 621 g/mol. The number of aliphatic hydroxyl groups is 1. The fourth-order valence-corrected chi connectivity index (χ4v) is 4.33. The number of carbonyl (C=O) groups excluding carboxylic acids is 1. The number of hydrogen-bond acceptors (Lipinski definition) is 5. The number of esters is 1. The van der Waals surface area contributed by atoms with Gasteiger partial charge in [-0.3, -0.25) is 13.6 Å². The number of nitrogens with zero attached hydrogens (tertiary/aromatic N) is 4. The molecule has 4 aromatic rings. The highest BCUT2D eigenvalue weighted by molar-refractivity contribution is 14.1. The lowest BCUT2D eigenvalue weighted by molar-refractivity contribution is -0.145. The summed E-state index contributed by atoms with van der Waals surface area (Å²) < 4.78 is 11.0. The number of fused-ring (bicyclic) bond motifs is 2. The number of pyridine rings is 2. The number of ether oxygens (including phenoxy) is 1. The molecular formula is C19H17ClI2N4O3. The molecule has 29 heavy (non-hydrogen) atoms. The van der Waals surface area contributed by atoms with Crippen molar-refractivity contribution in [2.24, 2.45) is 0 Å². The maximum atomic E-state index is 11.1. The Balaban J connectivity index is 0.000000176. The van der Waals surface area contributed by atoms with Gasteiger partial charge >= 0.3 is 5.97 Å². The molecule has 0 unspecified atom stereocenters. The van der Waals surface area contributed by atoms with Gasteiger partial charge in [0, 0.05) is 12.4 Å². The molecule has 4 heterocycles. The van der Waals surface area contributed by atoms with Crippen LogP contribution in [0.2, 0.25) is 0 Å². The van der Waals surface area contributed by atoms with Gasteiger partial charge in [0.2, 0.25) is 0 Å². The van der Waals surface area contributed by atoms with Crippen molar-refractivity contribution in [1.82, 2.24) is 18.8 Å². The van der Waals surface area contributed by atoms with Gasteiger partial charge in [-0.25, -0.2) is 9.97 Å². The molecule has 0 saturated heterocycles. The molecule has 0 saturated carbocycles. The molecule has 152 valence electrons. The minimum absolute atomic E-state index is 0.0178. The van der Waals surface area contributed by atoms with Crippen LogP contribution < -0.4 is 0 Å². The zero-order chi connectivity index (χ0) is 20.8. The summed E-state index contributed by atoms with van der Waals surface area (Å²) in [5, 5.41) is 8.58. The summed E-state index contributed by atoms with van der Waals surface area (Å²) in [6.45, 7) is -0.0557. The molecule has 0 aliphatic carbocycles. The molecule has 0 aromatic carbocycles. The van der Waals surface area contributed by atoms with Gasteiger partial charge in [0.15, 0.2) is 0 Å². The summed E-state index contributed by atoms with van der Waals surface area (Å²) in [5.74, 6) is 0.0558. The first-order valence-electron chi connectivity index (χ1n) is 8.60. The van der Waals surface area contributed by atoms with Crippen molar-refractivity contribution >= 4 is 74.0 Å². The van der Waals surface area contributed by atoms with Crippen molar-refractivity contribution < 1.29 is 14.6 Å². The van der Waals surface area contributed by atoms with E-state index in [2.05, 4.69) is 55.1 Å². The SMILES string of the molecule is ClCc1nc2ccccn2c1I.O=C(CCO)OCc1nc2ccccn2c1I. The first-order chi connectivity index (χ1) is 14.0. The first kappa shape index (κ1) is 22.2. The Labute approximate surface area is 199 Å². The number of rotatable bonds is 5. The fourth-order valence-electron chi connectivity index (χ4n) is 2.52. The Morgan fingerprint density at radius 3 is 2.07 bits per heavy atom. The van der Waals surface area contributed by atoms with Crippen LogP contribution in [0.1, 0.15) is 17.8 Å². The van der Waals surface area contributed by atoms with Gasteiger partial charge in [0.25, 0.3) is 0 Å². The molecule has 0 atom stereocenters. The molecule has 1 N–H and O–H groups in total. The molecule has 0 fully saturated rings. The highest BCUT2D eigenvalue weighted by atomic mass is 127. The van der Waals surface area contributed by atoms with Gasteiger partial charge in [-0.15, -0.1) is 11.6 Å². The number of aliphatic hydroxyl groups excluding tert-OH is 1. The minimum atomic E-state index is -0.416. The molecule has 4 aromatic heterocycles. The number of aromatic nitrogens is 4. The van der Waals surface area contributed by atoms with Crippen LogP contribution in [0.15, 0.2) is 48.8 Å². The van der Waals surface area contributed by atoms with Crippen LogP contribution in [-0.4, -0.2) is 36.5 Å². The van der Waals surface area contributed by atoms with Crippen LogP contribution in [-0.2, 0) is 22.0 Å². The summed E-state index contributed by atoms with van der Waals surface area (Å²) >= 11 is 10.1. The monoisotopic (exact) mass is 638 g/mol. The average molecular weight is 639 g/mol. The van der Waals surface area contributed by atoms with Gasteiger partial charge in [0.1, 0.15) is 31.0 Å². The van der Waals surface area contributed by atoms with Crippen LogP contribution in [0.4, 0.5) is 0 Å². The van der Waals surface area contributed by atoms with Crippen LogP contribution in [0.3, 0.4) is 0 Å². The van der Waals surface area contributed by atoms with Gasteiger partial charge in [0.05, 0.1) is 24.6 Å². The van der Waals surface area contributed by atoms with E-state index in [1.807, 2.05) is 57.6 Å². The highest BCUT2D eigenvalue weighted by Crippen LogP contribution is 2.17. The summed E-state index contributed by atoms with van der Waals surface area (Å²) in [6, 6.07) is 11.6. The number of halogens is 3. The van der Waals surface area contributed by atoms with Crippen molar-refractivity contribution in [2.75, 3.05) is 6.61 Å². The number of hydrogen-bond donors (Lipinski definition) is 1. The number of alkyl halides is 1. The molecule has 0 aliphatic heterocycles. The lowest BCUT2D eigenvalue weighted by Crippen LogP contribution is -2.07. The quantitative estimate of drug-likeness (QED) is 0.203. The topological polar surface area (TPSA) is 81.1 Å². The standard InChI is InChI=1S/C11H11IN2O3.C8H6ClIN2/c12-11-8(7-17-10(16)4-6-15)13-9-3-1-2-5-14(9)11;9-5-6-8(10)12-4-2-1-3-7(12)11-6/h1-3,5,15H,4,6-7H2;1-4H,5H2. The molecule has 0 bridgehead atoms. The predicted octanol–water partition coefficient (Wildman–Crippen LogP) is 4.04. The third kappa shape index (κ3) is 5.38. The van der Waals surface area contributed by atoms with Crippen molar-refractivity contribution in [3.63, 3.8) is 0 Å². The van der Waals surface area contributed by atoms with Crippen molar-refractivity contribution in [2.45, 2.75) is 18.9 Å². The van der Waals surface area contributed by atoms with Crippen LogP contribution in [0.25, 0.3) is 11.3 Å². The molecule has 0 radical (unpaired) electrons. The largest absolute Gasteiger partial charge is 0.459 e. The van der Waals surface area contributed by atoms with Crippen LogP contribution in [0, 0.1) is 7.40 Å². The van der Waals surface area contributed by atoms with E-state index in [1.54, 1.807) is 0 Å². The second-order valence-corrected chi connectivity index (χ2v) is 8.14. The number of imidazole rings is 2.